The highest BCUT2D eigenvalue weighted by atomic mass is 19.1. The second-order valence-corrected chi connectivity index (χ2v) is 4.72. The molecular weight excluding hydrogens is 209 g/mol. The Morgan fingerprint density at radius 2 is 2.38 bits per heavy atom. The van der Waals surface area contributed by atoms with Crippen LogP contribution < -0.4 is 5.32 Å². The zero-order valence-electron chi connectivity index (χ0n) is 8.92. The van der Waals surface area contributed by atoms with Crippen molar-refractivity contribution in [3.63, 3.8) is 0 Å². The minimum atomic E-state index is -0.304. The molecule has 4 heteroatoms. The second-order valence-electron chi connectivity index (χ2n) is 4.72. The van der Waals surface area contributed by atoms with Crippen LogP contribution in [0, 0.1) is 5.82 Å². The normalized spacial score (nSPS) is 31.1. The average molecular weight is 221 g/mol. The fourth-order valence-corrected chi connectivity index (χ4v) is 2.17. The lowest BCUT2D eigenvalue weighted by atomic mass is 9.91. The first kappa shape index (κ1) is 9.78. The zero-order chi connectivity index (χ0) is 11.3. The Hall–Kier alpha value is -1.42. The summed E-state index contributed by atoms with van der Waals surface area (Å²) in [5.74, 6) is -0.641. The van der Waals surface area contributed by atoms with Crippen molar-refractivity contribution in [2.24, 2.45) is 0 Å². The van der Waals surface area contributed by atoms with Crippen molar-refractivity contribution in [2.75, 3.05) is 11.9 Å². The predicted molar refractivity (Wildman–Crippen MR) is 56.7 cm³/mol. The maximum atomic E-state index is 13.1. The number of anilines is 1. The smallest absolute Gasteiger partial charge is 0.232 e. The third kappa shape index (κ3) is 1.50. The van der Waals surface area contributed by atoms with Crippen molar-refractivity contribution in [1.29, 1.82) is 0 Å². The van der Waals surface area contributed by atoms with E-state index in [1.54, 1.807) is 6.07 Å². The highest BCUT2D eigenvalue weighted by Crippen LogP contribution is 2.42. The van der Waals surface area contributed by atoms with Gasteiger partial charge in [-0.1, -0.05) is 0 Å². The van der Waals surface area contributed by atoms with E-state index in [1.807, 2.05) is 6.92 Å². The number of hydrogen-bond acceptors (Lipinski definition) is 2. The molecule has 1 saturated heterocycles. The van der Waals surface area contributed by atoms with Crippen LogP contribution in [0.1, 0.15) is 24.8 Å². The molecule has 0 bridgehead atoms. The van der Waals surface area contributed by atoms with E-state index in [2.05, 4.69) is 5.32 Å². The van der Waals surface area contributed by atoms with Crippen molar-refractivity contribution in [2.45, 2.75) is 24.9 Å². The van der Waals surface area contributed by atoms with Gasteiger partial charge in [-0.3, -0.25) is 4.79 Å². The third-order valence-electron chi connectivity index (χ3n) is 3.24. The summed E-state index contributed by atoms with van der Waals surface area (Å²) in [5.41, 5.74) is 1.28. The van der Waals surface area contributed by atoms with Gasteiger partial charge in [-0.2, -0.15) is 0 Å². The number of ether oxygens (including phenoxy) is 1. The van der Waals surface area contributed by atoms with Crippen LogP contribution in [0.2, 0.25) is 0 Å². The van der Waals surface area contributed by atoms with E-state index in [9.17, 15) is 9.18 Å². The first-order valence-corrected chi connectivity index (χ1v) is 5.32. The third-order valence-corrected chi connectivity index (χ3v) is 3.24. The monoisotopic (exact) mass is 221 g/mol. The fourth-order valence-electron chi connectivity index (χ4n) is 2.17. The molecule has 2 atom stereocenters. The van der Waals surface area contributed by atoms with Crippen LogP contribution in [0.25, 0.3) is 0 Å². The van der Waals surface area contributed by atoms with E-state index in [4.69, 9.17) is 4.74 Å². The number of carbonyl (C=O) groups is 1. The van der Waals surface area contributed by atoms with Crippen molar-refractivity contribution in [3.8, 4) is 0 Å². The SMILES string of the molecule is CC1(CC2C(=O)Nc3ccc(F)cc32)CO1. The number of benzene rings is 1. The molecule has 1 N–H and O–H groups in total. The molecule has 0 aliphatic carbocycles. The molecule has 84 valence electrons. The summed E-state index contributed by atoms with van der Waals surface area (Å²) in [7, 11) is 0. The van der Waals surface area contributed by atoms with Crippen LogP contribution in [0.4, 0.5) is 10.1 Å². The summed E-state index contributed by atoms with van der Waals surface area (Å²) in [6, 6.07) is 4.40. The maximum Gasteiger partial charge on any atom is 0.232 e. The molecule has 2 aliphatic rings. The minimum Gasteiger partial charge on any atom is -0.370 e. The van der Waals surface area contributed by atoms with Gasteiger partial charge in [-0.15, -0.1) is 0 Å². The van der Waals surface area contributed by atoms with Crippen LogP contribution in [0.3, 0.4) is 0 Å². The van der Waals surface area contributed by atoms with Crippen molar-refractivity contribution >= 4 is 11.6 Å². The number of rotatable bonds is 2. The summed E-state index contributed by atoms with van der Waals surface area (Å²) < 4.78 is 18.4. The second kappa shape index (κ2) is 3.04. The molecule has 0 spiro atoms. The molecule has 2 unspecified atom stereocenters. The van der Waals surface area contributed by atoms with Gasteiger partial charge in [0.2, 0.25) is 5.91 Å². The van der Waals surface area contributed by atoms with Gasteiger partial charge >= 0.3 is 0 Å². The zero-order valence-corrected chi connectivity index (χ0v) is 8.92. The average Bonchev–Trinajstić information content (AvgIpc) is 2.88. The summed E-state index contributed by atoms with van der Waals surface area (Å²) in [6.45, 7) is 2.65. The topological polar surface area (TPSA) is 41.6 Å². The Kier molecular flexibility index (Phi) is 1.86. The van der Waals surface area contributed by atoms with E-state index in [0.717, 1.165) is 11.3 Å². The summed E-state index contributed by atoms with van der Waals surface area (Å²) >= 11 is 0. The predicted octanol–water partition coefficient (Wildman–Crippen LogP) is 2.04. The van der Waals surface area contributed by atoms with Gasteiger partial charge in [0.1, 0.15) is 5.82 Å². The molecule has 16 heavy (non-hydrogen) atoms. The molecule has 2 heterocycles. The molecule has 1 aromatic rings. The van der Waals surface area contributed by atoms with Crippen molar-refractivity contribution in [3.05, 3.63) is 29.6 Å². The molecule has 3 nitrogen and oxygen atoms in total. The molecule has 2 aliphatic heterocycles. The van der Waals surface area contributed by atoms with Gasteiger partial charge in [0.05, 0.1) is 18.1 Å². The molecule has 1 amide bonds. The first-order valence-electron chi connectivity index (χ1n) is 5.32. The van der Waals surface area contributed by atoms with Crippen molar-refractivity contribution in [1.82, 2.24) is 0 Å². The lowest BCUT2D eigenvalue weighted by molar-refractivity contribution is -0.117. The first-order chi connectivity index (χ1) is 7.57. The number of carbonyl (C=O) groups excluding carboxylic acids is 1. The number of nitrogens with one attached hydrogen (secondary N) is 1. The maximum absolute atomic E-state index is 13.1. The summed E-state index contributed by atoms with van der Waals surface area (Å²) in [5, 5.41) is 2.76. The number of epoxide rings is 1. The molecule has 0 radical (unpaired) electrons. The van der Waals surface area contributed by atoms with E-state index in [1.165, 1.54) is 12.1 Å². The highest BCUT2D eigenvalue weighted by Gasteiger charge is 2.45. The molecule has 1 fully saturated rings. The largest absolute Gasteiger partial charge is 0.370 e. The Morgan fingerprint density at radius 3 is 3.06 bits per heavy atom. The quantitative estimate of drug-likeness (QED) is 0.776. The van der Waals surface area contributed by atoms with Crippen LogP contribution in [0.15, 0.2) is 18.2 Å². The van der Waals surface area contributed by atoms with Gasteiger partial charge < -0.3 is 10.1 Å². The van der Waals surface area contributed by atoms with Crippen molar-refractivity contribution < 1.29 is 13.9 Å². The van der Waals surface area contributed by atoms with E-state index >= 15 is 0 Å². The van der Waals surface area contributed by atoms with Crippen LogP contribution in [-0.4, -0.2) is 18.1 Å². The van der Waals surface area contributed by atoms with Gasteiger partial charge in [-0.25, -0.2) is 4.39 Å². The highest BCUT2D eigenvalue weighted by molar-refractivity contribution is 6.02. The standard InChI is InChI=1S/C12H12FNO2/c1-12(6-16-12)5-9-8-4-7(13)2-3-10(8)14-11(9)15/h2-4,9H,5-6H2,1H3,(H,14,15). The molecule has 3 rings (SSSR count). The lowest BCUT2D eigenvalue weighted by Crippen LogP contribution is -2.18. The van der Waals surface area contributed by atoms with Gasteiger partial charge in [0.15, 0.2) is 0 Å². The Labute approximate surface area is 92.6 Å². The Bertz CT molecular complexity index is 468. The minimum absolute atomic E-state index is 0.0580. The molecule has 0 saturated carbocycles. The Morgan fingerprint density at radius 1 is 1.62 bits per heavy atom. The fraction of sp³-hybridized carbons (Fsp3) is 0.417. The number of amides is 1. The van der Waals surface area contributed by atoms with Gasteiger partial charge in [-0.05, 0) is 37.1 Å². The Balaban J connectivity index is 1.94. The van der Waals surface area contributed by atoms with Crippen LogP contribution in [0.5, 0.6) is 0 Å². The summed E-state index contributed by atoms with van der Waals surface area (Å²) in [4.78, 5) is 11.8. The lowest BCUT2D eigenvalue weighted by Gasteiger charge is -2.11. The molecule has 0 aromatic heterocycles. The van der Waals surface area contributed by atoms with Gasteiger partial charge in [0, 0.05) is 5.69 Å². The van der Waals surface area contributed by atoms with E-state index in [0.29, 0.717) is 13.0 Å². The number of halogens is 1. The molecule has 1 aromatic carbocycles. The van der Waals surface area contributed by atoms with E-state index in [-0.39, 0.29) is 23.2 Å². The van der Waals surface area contributed by atoms with E-state index < -0.39 is 0 Å². The summed E-state index contributed by atoms with van der Waals surface area (Å²) in [6.07, 6.45) is 0.620. The van der Waals surface area contributed by atoms with Gasteiger partial charge in [0.25, 0.3) is 0 Å². The number of hydrogen-bond donors (Lipinski definition) is 1. The van der Waals surface area contributed by atoms with Crippen LogP contribution >= 0.6 is 0 Å². The molecular formula is C12H12FNO2. The van der Waals surface area contributed by atoms with Crippen LogP contribution in [-0.2, 0) is 9.53 Å². The number of fused-ring (bicyclic) bond motifs is 1.